The standard InChI is InChI=1S/C30H26/c1-17-23-8-5-6-9-24(23)18(2)28-14-21(12-13-27(17)28)22-15-29-19(3)25-10-7-11-26(25)20(4)30(29)16-22/h5-10,12-14,16H,11,15H2,1-4H3. The van der Waals surface area contributed by atoms with Crippen molar-refractivity contribution in [2.75, 3.05) is 0 Å². The third-order valence-electron chi connectivity index (χ3n) is 7.59. The molecule has 6 rings (SSSR count). The van der Waals surface area contributed by atoms with Gasteiger partial charge in [-0.1, -0.05) is 54.6 Å². The summed E-state index contributed by atoms with van der Waals surface area (Å²) in [7, 11) is 0. The summed E-state index contributed by atoms with van der Waals surface area (Å²) in [6.07, 6.45) is 9.22. The summed E-state index contributed by atoms with van der Waals surface area (Å²) < 4.78 is 0. The van der Waals surface area contributed by atoms with E-state index < -0.39 is 0 Å². The summed E-state index contributed by atoms with van der Waals surface area (Å²) in [5, 5.41) is 5.51. The first kappa shape index (κ1) is 17.7. The summed E-state index contributed by atoms with van der Waals surface area (Å²) in [6.45, 7) is 9.15. The number of benzene rings is 4. The van der Waals surface area contributed by atoms with Gasteiger partial charge in [0.25, 0.3) is 0 Å². The summed E-state index contributed by atoms with van der Waals surface area (Å²) in [4.78, 5) is 0. The highest BCUT2D eigenvalue weighted by Gasteiger charge is 2.24. The van der Waals surface area contributed by atoms with E-state index in [9.17, 15) is 0 Å². The highest BCUT2D eigenvalue weighted by Crippen LogP contribution is 2.42. The molecular formula is C30H26. The van der Waals surface area contributed by atoms with Crippen LogP contribution in [-0.2, 0) is 12.8 Å². The molecule has 4 aromatic rings. The minimum Gasteiger partial charge on any atom is -0.0795 e. The molecule has 0 heterocycles. The third kappa shape index (κ3) is 2.28. The lowest BCUT2D eigenvalue weighted by atomic mass is 9.89. The van der Waals surface area contributed by atoms with Crippen molar-refractivity contribution in [2.45, 2.75) is 40.5 Å². The molecule has 0 nitrogen and oxygen atoms in total. The fourth-order valence-electron chi connectivity index (χ4n) is 5.80. The molecule has 0 aliphatic heterocycles. The molecule has 30 heavy (non-hydrogen) atoms. The monoisotopic (exact) mass is 386 g/mol. The molecule has 0 unspecified atom stereocenters. The summed E-state index contributed by atoms with van der Waals surface area (Å²) in [6, 6.07) is 15.9. The second-order valence-electron chi connectivity index (χ2n) is 9.04. The average molecular weight is 387 g/mol. The molecule has 0 bridgehead atoms. The van der Waals surface area contributed by atoms with E-state index >= 15 is 0 Å². The smallest absolute Gasteiger partial charge is 0.00107 e. The average Bonchev–Trinajstić information content (AvgIpc) is 3.44. The Morgan fingerprint density at radius 2 is 1.30 bits per heavy atom. The van der Waals surface area contributed by atoms with Gasteiger partial charge < -0.3 is 0 Å². The fraction of sp³-hybridized carbons (Fsp3) is 0.200. The second kappa shape index (κ2) is 6.19. The van der Waals surface area contributed by atoms with E-state index in [1.54, 1.807) is 0 Å². The molecule has 0 spiro atoms. The van der Waals surface area contributed by atoms with E-state index in [2.05, 4.69) is 88.4 Å². The molecule has 0 N–H and O–H groups in total. The maximum atomic E-state index is 2.46. The van der Waals surface area contributed by atoms with E-state index in [1.807, 2.05) is 0 Å². The van der Waals surface area contributed by atoms with E-state index in [0.29, 0.717) is 0 Å². The zero-order valence-corrected chi connectivity index (χ0v) is 18.2. The van der Waals surface area contributed by atoms with Crippen molar-refractivity contribution in [3.8, 4) is 0 Å². The van der Waals surface area contributed by atoms with E-state index in [1.165, 1.54) is 77.2 Å². The topological polar surface area (TPSA) is 0 Å². The fourth-order valence-corrected chi connectivity index (χ4v) is 5.80. The van der Waals surface area contributed by atoms with Crippen LogP contribution in [0.1, 0.15) is 50.1 Å². The maximum absolute atomic E-state index is 2.46. The number of hydrogen-bond acceptors (Lipinski definition) is 0. The highest BCUT2D eigenvalue weighted by atomic mass is 14.3. The zero-order valence-electron chi connectivity index (χ0n) is 18.2. The van der Waals surface area contributed by atoms with Crippen LogP contribution in [0.2, 0.25) is 0 Å². The van der Waals surface area contributed by atoms with Crippen LogP contribution in [0.4, 0.5) is 0 Å². The summed E-state index contributed by atoms with van der Waals surface area (Å²) in [5.74, 6) is 0. The van der Waals surface area contributed by atoms with Gasteiger partial charge in [0.05, 0.1) is 0 Å². The van der Waals surface area contributed by atoms with Crippen molar-refractivity contribution < 1.29 is 0 Å². The van der Waals surface area contributed by atoms with Gasteiger partial charge in [-0.25, -0.2) is 0 Å². The van der Waals surface area contributed by atoms with Gasteiger partial charge in [0.1, 0.15) is 0 Å². The van der Waals surface area contributed by atoms with Crippen LogP contribution in [0.15, 0.2) is 48.5 Å². The van der Waals surface area contributed by atoms with Gasteiger partial charge in [-0.05, 0) is 124 Å². The normalized spacial score (nSPS) is 14.5. The number of fused-ring (bicyclic) bond motifs is 4. The predicted octanol–water partition coefficient (Wildman–Crippen LogP) is 7.89. The Labute approximate surface area is 178 Å². The van der Waals surface area contributed by atoms with Crippen molar-refractivity contribution in [2.24, 2.45) is 0 Å². The van der Waals surface area contributed by atoms with Crippen LogP contribution >= 0.6 is 0 Å². The molecule has 0 aromatic heterocycles. The Balaban J connectivity index is 1.53. The lowest BCUT2D eigenvalue weighted by Gasteiger charge is -2.15. The van der Waals surface area contributed by atoms with Crippen molar-refractivity contribution in [1.82, 2.24) is 0 Å². The number of rotatable bonds is 1. The van der Waals surface area contributed by atoms with Crippen molar-refractivity contribution >= 4 is 39.3 Å². The van der Waals surface area contributed by atoms with Gasteiger partial charge >= 0.3 is 0 Å². The number of allylic oxidation sites excluding steroid dienone is 2. The van der Waals surface area contributed by atoms with Gasteiger partial charge in [0, 0.05) is 0 Å². The quantitative estimate of drug-likeness (QED) is 0.292. The van der Waals surface area contributed by atoms with Gasteiger partial charge in [0.15, 0.2) is 0 Å². The highest BCUT2D eigenvalue weighted by molar-refractivity contribution is 6.06. The first-order valence-corrected chi connectivity index (χ1v) is 11.0. The lowest BCUT2D eigenvalue weighted by Crippen LogP contribution is -1.99. The maximum Gasteiger partial charge on any atom is -0.00107 e. The SMILES string of the molecule is Cc1c2c(c(C)c3c1CC=C3)CC(c1ccc3c(C)c4ccccc4c(C)c3c1)=C2. The van der Waals surface area contributed by atoms with Crippen LogP contribution in [-0.4, -0.2) is 0 Å². The van der Waals surface area contributed by atoms with Gasteiger partial charge in [-0.15, -0.1) is 0 Å². The summed E-state index contributed by atoms with van der Waals surface area (Å²) in [5.41, 5.74) is 14.5. The minimum absolute atomic E-state index is 1.04. The Kier molecular flexibility index (Phi) is 3.65. The Morgan fingerprint density at radius 1 is 0.633 bits per heavy atom. The van der Waals surface area contributed by atoms with Gasteiger partial charge in [-0.2, -0.15) is 0 Å². The van der Waals surface area contributed by atoms with Crippen LogP contribution < -0.4 is 0 Å². The summed E-state index contributed by atoms with van der Waals surface area (Å²) >= 11 is 0. The molecule has 0 heteroatoms. The molecule has 0 fully saturated rings. The van der Waals surface area contributed by atoms with Crippen LogP contribution in [0.3, 0.4) is 0 Å². The van der Waals surface area contributed by atoms with Crippen molar-refractivity contribution in [3.63, 3.8) is 0 Å². The van der Waals surface area contributed by atoms with Gasteiger partial charge in [-0.3, -0.25) is 0 Å². The first-order valence-electron chi connectivity index (χ1n) is 11.0. The molecule has 146 valence electrons. The minimum atomic E-state index is 1.04. The van der Waals surface area contributed by atoms with Crippen LogP contribution in [0.25, 0.3) is 39.3 Å². The molecule has 2 aliphatic carbocycles. The Morgan fingerprint density at radius 3 is 2.07 bits per heavy atom. The van der Waals surface area contributed by atoms with E-state index in [4.69, 9.17) is 0 Å². The number of aryl methyl sites for hydroxylation is 2. The molecule has 0 radical (unpaired) electrons. The van der Waals surface area contributed by atoms with Crippen molar-refractivity contribution in [1.29, 1.82) is 0 Å². The van der Waals surface area contributed by atoms with Crippen LogP contribution in [0, 0.1) is 27.7 Å². The predicted molar refractivity (Wildman–Crippen MR) is 131 cm³/mol. The largest absolute Gasteiger partial charge is 0.0795 e. The van der Waals surface area contributed by atoms with E-state index in [0.717, 1.165) is 12.8 Å². The Hall–Kier alpha value is -3.12. The molecule has 0 atom stereocenters. The third-order valence-corrected chi connectivity index (χ3v) is 7.59. The second-order valence-corrected chi connectivity index (χ2v) is 9.04. The molecule has 0 saturated heterocycles. The molecule has 2 aliphatic rings. The lowest BCUT2D eigenvalue weighted by molar-refractivity contribution is 1.16. The zero-order chi connectivity index (χ0) is 20.6. The van der Waals surface area contributed by atoms with Crippen LogP contribution in [0.5, 0.6) is 0 Å². The molecule has 4 aromatic carbocycles. The number of hydrogen-bond donors (Lipinski definition) is 0. The van der Waals surface area contributed by atoms with E-state index in [-0.39, 0.29) is 0 Å². The van der Waals surface area contributed by atoms with Gasteiger partial charge in [0.2, 0.25) is 0 Å². The molecular weight excluding hydrogens is 360 g/mol. The molecule has 0 amide bonds. The first-order chi connectivity index (χ1) is 14.5. The molecule has 0 saturated carbocycles. The van der Waals surface area contributed by atoms with Crippen molar-refractivity contribution in [3.05, 3.63) is 98.6 Å². The Bertz CT molecular complexity index is 1460.